The summed E-state index contributed by atoms with van der Waals surface area (Å²) < 4.78 is 99.2. The molecule has 6 nitrogen and oxygen atoms in total. The molecule has 0 aliphatic rings. The average molecular weight is 762 g/mol. The molecule has 2 aromatic heterocycles. The Morgan fingerprint density at radius 3 is 1.72 bits per heavy atom. The zero-order valence-corrected chi connectivity index (χ0v) is 26.3. The second kappa shape index (κ2) is 14.2. The predicted molar refractivity (Wildman–Crippen MR) is 170 cm³/mol. The van der Waals surface area contributed by atoms with Gasteiger partial charge in [0.05, 0.1) is 22.6 Å². The number of esters is 1. The minimum absolute atomic E-state index is 0.0281. The lowest BCUT2D eigenvalue weighted by atomic mass is 10.1. The van der Waals surface area contributed by atoms with Crippen molar-refractivity contribution in [2.24, 2.45) is 0 Å². The lowest BCUT2D eigenvalue weighted by Crippen LogP contribution is -2.29. The van der Waals surface area contributed by atoms with Crippen LogP contribution in [-0.4, -0.2) is 22.5 Å². The van der Waals surface area contributed by atoms with Crippen LogP contribution in [0.25, 0.3) is 21.8 Å². The monoisotopic (exact) mass is 762 g/mol. The molecule has 4 aromatic carbocycles. The van der Waals surface area contributed by atoms with Crippen LogP contribution in [0.2, 0.25) is 0 Å². The lowest BCUT2D eigenvalue weighted by Gasteiger charge is -2.19. The van der Waals surface area contributed by atoms with E-state index >= 15 is 0 Å². The Morgan fingerprint density at radius 1 is 0.702 bits per heavy atom. The third kappa shape index (κ3) is 7.40. The Labute approximate surface area is 277 Å². The molecule has 6 rings (SSSR count). The molecule has 47 heavy (non-hydrogen) atoms. The van der Waals surface area contributed by atoms with Crippen LogP contribution < -0.4 is 9.47 Å². The van der Waals surface area contributed by atoms with E-state index in [4.69, 9.17) is 9.47 Å². The van der Waals surface area contributed by atoms with Crippen molar-refractivity contribution in [3.8, 4) is 23.0 Å². The zero-order valence-electron chi connectivity index (χ0n) is 24.1. The molecular weight excluding hydrogens is 741 g/mol. The maximum atomic E-state index is 14.4. The molecule has 0 spiro atoms. The average Bonchev–Trinajstić information content (AvgIpc) is 3.04. The van der Waals surface area contributed by atoms with Gasteiger partial charge < -0.3 is 14.2 Å². The van der Waals surface area contributed by atoms with Gasteiger partial charge in [0.2, 0.25) is 0 Å². The van der Waals surface area contributed by atoms with Crippen molar-refractivity contribution in [1.29, 1.82) is 0 Å². The van der Waals surface area contributed by atoms with E-state index < -0.39 is 34.8 Å². The van der Waals surface area contributed by atoms with Crippen LogP contribution in [0.15, 0.2) is 97.3 Å². The first kappa shape index (κ1) is 33.4. The molecule has 0 radical (unpaired) electrons. The van der Waals surface area contributed by atoms with Gasteiger partial charge in [-0.2, -0.15) is 8.78 Å². The highest BCUT2D eigenvalue weighted by Crippen LogP contribution is 2.40. The Balaban J connectivity index is 0.000000193. The van der Waals surface area contributed by atoms with Crippen molar-refractivity contribution >= 4 is 50.4 Å². The summed E-state index contributed by atoms with van der Waals surface area (Å²) in [5.74, 6) is -8.52. The van der Waals surface area contributed by atoms with E-state index in [0.717, 1.165) is 24.4 Å². The van der Waals surface area contributed by atoms with Crippen LogP contribution >= 0.6 is 22.6 Å². The van der Waals surface area contributed by atoms with Crippen LogP contribution in [0.1, 0.15) is 12.5 Å². The summed E-state index contributed by atoms with van der Waals surface area (Å²) in [7, 11) is 0. The Morgan fingerprint density at radius 2 is 1.17 bits per heavy atom. The summed E-state index contributed by atoms with van der Waals surface area (Å²) >= 11 is 1.87. The van der Waals surface area contributed by atoms with Crippen molar-refractivity contribution in [2.75, 3.05) is 6.61 Å². The number of alkyl halides is 2. The number of carbonyl (C=O) groups is 1. The van der Waals surface area contributed by atoms with Gasteiger partial charge in [-0.1, -0.05) is 36.4 Å². The molecular formula is C34H21F6IN2O4. The van der Waals surface area contributed by atoms with E-state index in [1.165, 1.54) is 43.5 Å². The smallest absolute Gasteiger partial charge is 0.382 e. The van der Waals surface area contributed by atoms with E-state index in [1.807, 2.05) is 22.6 Å². The number of aromatic nitrogens is 2. The molecule has 0 fully saturated rings. The fourth-order valence-electron chi connectivity index (χ4n) is 4.35. The number of hydrogen-bond donors (Lipinski definition) is 0. The van der Waals surface area contributed by atoms with Gasteiger partial charge in [0, 0.05) is 10.8 Å². The molecule has 0 unspecified atom stereocenters. The van der Waals surface area contributed by atoms with E-state index in [0.29, 0.717) is 25.8 Å². The number of para-hydroxylation sites is 2. The number of carbonyl (C=O) groups excluding carboxylic acids is 1. The summed E-state index contributed by atoms with van der Waals surface area (Å²) in [4.78, 5) is 19.5. The summed E-state index contributed by atoms with van der Waals surface area (Å²) in [5.41, 5.74) is -0.891. The zero-order chi connectivity index (χ0) is 33.7. The largest absolute Gasteiger partial charge is 0.461 e. The third-order valence-electron chi connectivity index (χ3n) is 6.47. The molecule has 0 saturated heterocycles. The predicted octanol–water partition coefficient (Wildman–Crippen LogP) is 9.87. The fourth-order valence-corrected chi connectivity index (χ4v) is 4.82. The molecule has 240 valence electrons. The molecule has 6 aromatic rings. The maximum Gasteiger partial charge on any atom is 0.382 e. The topological polar surface area (TPSA) is 70.5 Å². The minimum atomic E-state index is -4.26. The van der Waals surface area contributed by atoms with E-state index in [1.54, 1.807) is 36.4 Å². The van der Waals surface area contributed by atoms with E-state index in [2.05, 4.69) is 14.7 Å². The molecule has 0 aliphatic heterocycles. The fraction of sp³-hybridized carbons (Fsp3) is 0.0882. The van der Waals surface area contributed by atoms with Gasteiger partial charge >= 0.3 is 11.9 Å². The molecule has 0 N–H and O–H groups in total. The summed E-state index contributed by atoms with van der Waals surface area (Å²) in [6.07, 6.45) is 2.54. The van der Waals surface area contributed by atoms with Crippen LogP contribution in [0.3, 0.4) is 0 Å². The van der Waals surface area contributed by atoms with Gasteiger partial charge in [-0.15, -0.1) is 0 Å². The van der Waals surface area contributed by atoms with Crippen LogP contribution in [0.5, 0.6) is 23.0 Å². The summed E-state index contributed by atoms with van der Waals surface area (Å²) in [6, 6.07) is 19.6. The molecule has 2 heterocycles. The summed E-state index contributed by atoms with van der Waals surface area (Å²) in [5, 5.41) is 0.997. The van der Waals surface area contributed by atoms with Gasteiger partial charge in [-0.05, 0) is 78.0 Å². The van der Waals surface area contributed by atoms with Gasteiger partial charge in [-0.3, -0.25) is 0 Å². The molecule has 0 bridgehead atoms. The highest BCUT2D eigenvalue weighted by Gasteiger charge is 2.47. The molecule has 0 atom stereocenters. The van der Waals surface area contributed by atoms with Crippen LogP contribution in [-0.2, 0) is 15.5 Å². The lowest BCUT2D eigenvalue weighted by molar-refractivity contribution is -0.173. The van der Waals surface area contributed by atoms with E-state index in [-0.39, 0.29) is 35.0 Å². The molecule has 13 heteroatoms. The van der Waals surface area contributed by atoms with Crippen molar-refractivity contribution in [2.45, 2.75) is 12.8 Å². The Kier molecular flexibility index (Phi) is 10.1. The van der Waals surface area contributed by atoms with Crippen LogP contribution in [0.4, 0.5) is 26.3 Å². The molecule has 0 saturated carbocycles. The second-order valence-corrected chi connectivity index (χ2v) is 10.7. The highest BCUT2D eigenvalue weighted by molar-refractivity contribution is 14.1. The number of hydrogen-bond acceptors (Lipinski definition) is 6. The van der Waals surface area contributed by atoms with Gasteiger partial charge in [0.1, 0.15) is 62.9 Å². The number of ether oxygens (including phenoxy) is 3. The van der Waals surface area contributed by atoms with Gasteiger partial charge in [0.25, 0.3) is 0 Å². The number of rotatable bonds is 7. The molecule has 0 amide bonds. The Hall–Kier alpha value is -4.92. The number of nitrogens with zero attached hydrogens (tertiary/aromatic N) is 2. The first-order valence-corrected chi connectivity index (χ1v) is 14.8. The van der Waals surface area contributed by atoms with Gasteiger partial charge in [-0.25, -0.2) is 32.3 Å². The van der Waals surface area contributed by atoms with Gasteiger partial charge in [0.15, 0.2) is 0 Å². The number of fused-ring (bicyclic) bond motifs is 2. The SMILES string of the molecule is CCOC(=O)C(F)(F)c1c(F)cccc1Oc1cnc2c(F)cccc2c1.Fc1cccc(Oc2cnc3c(F)cccc3c2)c1I. The first-order valence-electron chi connectivity index (χ1n) is 13.7. The van der Waals surface area contributed by atoms with Crippen molar-refractivity contribution in [3.63, 3.8) is 0 Å². The highest BCUT2D eigenvalue weighted by atomic mass is 127. The van der Waals surface area contributed by atoms with Crippen LogP contribution in [0, 0.1) is 26.8 Å². The normalized spacial score (nSPS) is 11.1. The Bertz CT molecular complexity index is 2100. The summed E-state index contributed by atoms with van der Waals surface area (Å²) in [6.45, 7) is 1.06. The molecule has 0 aliphatic carbocycles. The van der Waals surface area contributed by atoms with Crippen molar-refractivity contribution < 1.29 is 45.3 Å². The number of benzene rings is 4. The quantitative estimate of drug-likeness (QED) is 0.0917. The maximum absolute atomic E-state index is 14.4. The third-order valence-corrected chi connectivity index (χ3v) is 7.51. The number of halogens is 7. The van der Waals surface area contributed by atoms with E-state index in [9.17, 15) is 31.1 Å². The standard InChI is InChI=1S/C19H13F4NO3.C15H8F2INO/c1-2-26-18(25)19(22,23)16-13(20)6-4-8-15(16)27-12-9-11-5-3-7-14(21)17(11)24-10-12;16-11-4-2-6-13(14(11)18)20-10-7-9-3-1-5-12(17)15(9)19-8-10/h3-10H,2H2,1H3;1-8H. The minimum Gasteiger partial charge on any atom is -0.461 e. The van der Waals surface area contributed by atoms with Crippen molar-refractivity contribution in [1.82, 2.24) is 9.97 Å². The number of pyridine rings is 2. The first-order chi connectivity index (χ1) is 22.5. The second-order valence-electron chi connectivity index (χ2n) is 9.63. The van der Waals surface area contributed by atoms with Crippen molar-refractivity contribution in [3.05, 3.63) is 130 Å².